The molecule has 0 saturated heterocycles. The molecule has 12 heavy (non-hydrogen) atoms. The van der Waals surface area contributed by atoms with Gasteiger partial charge >= 0.3 is 0 Å². The van der Waals surface area contributed by atoms with E-state index in [1.54, 1.807) is 0 Å². The fourth-order valence-electron chi connectivity index (χ4n) is 0.904. The van der Waals surface area contributed by atoms with Crippen LogP contribution in [0.2, 0.25) is 5.02 Å². The summed E-state index contributed by atoms with van der Waals surface area (Å²) in [5, 5.41) is 5.17. The van der Waals surface area contributed by atoms with Crippen molar-refractivity contribution in [2.24, 2.45) is 0 Å². The first kappa shape index (κ1) is 9.40. The quantitative estimate of drug-likeness (QED) is 0.633. The van der Waals surface area contributed by atoms with Crippen molar-refractivity contribution in [3.05, 3.63) is 29.3 Å². The van der Waals surface area contributed by atoms with E-state index in [1.165, 1.54) is 0 Å². The molecule has 0 aliphatic carbocycles. The molecule has 0 fully saturated rings. The van der Waals surface area contributed by atoms with Gasteiger partial charge in [0.15, 0.2) is 0 Å². The minimum absolute atomic E-state index is 0.0645. The molecule has 1 nitrogen and oxygen atoms in total. The van der Waals surface area contributed by atoms with Gasteiger partial charge in [0.25, 0.3) is 0 Å². The molecule has 0 saturated carbocycles. The lowest BCUT2D eigenvalue weighted by molar-refractivity contribution is 0.488. The van der Waals surface area contributed by atoms with E-state index >= 15 is 0 Å². The van der Waals surface area contributed by atoms with E-state index < -0.39 is 0 Å². The van der Waals surface area contributed by atoms with E-state index in [0.29, 0.717) is 5.02 Å². The second-order valence-corrected chi connectivity index (χ2v) is 4.14. The average molecular weight is 183 g/mol. The number of nitrogens with zero attached hydrogens (tertiary/aromatic N) is 1. The highest BCUT2D eigenvalue weighted by molar-refractivity contribution is 6.32. The summed E-state index contributed by atoms with van der Waals surface area (Å²) in [6, 6.07) is 7.63. The Morgan fingerprint density at radius 1 is 1.17 bits per heavy atom. The van der Waals surface area contributed by atoms with Gasteiger partial charge in [-0.25, -0.2) is 0 Å². The lowest BCUT2D eigenvalue weighted by Gasteiger charge is -2.19. The van der Waals surface area contributed by atoms with Gasteiger partial charge in [-0.2, -0.15) is 0 Å². The van der Waals surface area contributed by atoms with Crippen molar-refractivity contribution in [1.29, 1.82) is 0 Å². The van der Waals surface area contributed by atoms with Gasteiger partial charge in [0.05, 0.1) is 16.2 Å². The topological polar surface area (TPSA) is 14.1 Å². The first-order valence-corrected chi connectivity index (χ1v) is 4.34. The van der Waals surface area contributed by atoms with Crippen LogP contribution in [0, 0.1) is 0 Å². The van der Waals surface area contributed by atoms with Crippen LogP contribution < -0.4 is 5.32 Å². The molecular formula is C10H13ClN. The number of hydrogen-bond donors (Lipinski definition) is 0. The Morgan fingerprint density at radius 3 is 2.25 bits per heavy atom. The molecule has 0 unspecified atom stereocenters. The van der Waals surface area contributed by atoms with Crippen LogP contribution >= 0.6 is 11.6 Å². The van der Waals surface area contributed by atoms with Gasteiger partial charge in [-0.15, -0.1) is 0 Å². The lowest BCUT2D eigenvalue weighted by Crippen LogP contribution is -2.25. The molecule has 1 aromatic carbocycles. The van der Waals surface area contributed by atoms with Crippen LogP contribution in [0.4, 0.5) is 5.69 Å². The molecule has 2 heteroatoms. The molecule has 0 spiro atoms. The highest BCUT2D eigenvalue weighted by atomic mass is 35.5. The largest absolute Gasteiger partial charge is 0.278 e. The Hall–Kier alpha value is -0.690. The van der Waals surface area contributed by atoms with Crippen molar-refractivity contribution < 1.29 is 0 Å². The number of benzene rings is 1. The molecule has 65 valence electrons. The highest BCUT2D eigenvalue weighted by Crippen LogP contribution is 2.23. The van der Waals surface area contributed by atoms with E-state index in [0.717, 1.165) is 5.69 Å². The van der Waals surface area contributed by atoms with Crippen LogP contribution in [0.25, 0.3) is 0 Å². The van der Waals surface area contributed by atoms with Gasteiger partial charge in [-0.1, -0.05) is 23.7 Å². The minimum atomic E-state index is -0.0645. The van der Waals surface area contributed by atoms with Gasteiger partial charge in [0, 0.05) is 0 Å². The van der Waals surface area contributed by atoms with Crippen LogP contribution in [0.1, 0.15) is 20.8 Å². The van der Waals surface area contributed by atoms with Crippen molar-refractivity contribution in [2.45, 2.75) is 26.3 Å². The van der Waals surface area contributed by atoms with Crippen LogP contribution in [-0.2, 0) is 0 Å². The molecule has 1 rings (SSSR count). The van der Waals surface area contributed by atoms with Crippen LogP contribution in [0.3, 0.4) is 0 Å². The molecule has 0 amide bonds. The summed E-state index contributed by atoms with van der Waals surface area (Å²) in [7, 11) is 0. The zero-order valence-electron chi connectivity index (χ0n) is 7.63. The third-order valence-corrected chi connectivity index (χ3v) is 1.63. The van der Waals surface area contributed by atoms with E-state index in [4.69, 9.17) is 11.6 Å². The van der Waals surface area contributed by atoms with Crippen molar-refractivity contribution in [3.8, 4) is 0 Å². The molecule has 0 aliphatic heterocycles. The van der Waals surface area contributed by atoms with Crippen molar-refractivity contribution in [1.82, 2.24) is 5.32 Å². The summed E-state index contributed by atoms with van der Waals surface area (Å²) >= 11 is 5.94. The van der Waals surface area contributed by atoms with E-state index in [-0.39, 0.29) is 5.54 Å². The predicted octanol–water partition coefficient (Wildman–Crippen LogP) is 3.37. The van der Waals surface area contributed by atoms with Crippen molar-refractivity contribution in [3.63, 3.8) is 0 Å². The van der Waals surface area contributed by atoms with Crippen molar-refractivity contribution >= 4 is 17.3 Å². The Bertz CT molecular complexity index is 263. The summed E-state index contributed by atoms with van der Waals surface area (Å²) in [6.45, 7) is 6.16. The van der Waals surface area contributed by atoms with E-state index in [9.17, 15) is 0 Å². The summed E-state index contributed by atoms with van der Waals surface area (Å²) in [5.74, 6) is 0. The second kappa shape index (κ2) is 3.36. The second-order valence-electron chi connectivity index (χ2n) is 3.73. The summed E-state index contributed by atoms with van der Waals surface area (Å²) in [5.41, 5.74) is 0.803. The average Bonchev–Trinajstić information content (AvgIpc) is 1.91. The fraction of sp³-hybridized carbons (Fsp3) is 0.400. The first-order chi connectivity index (χ1) is 5.49. The maximum absolute atomic E-state index is 5.94. The number of rotatable bonds is 1. The Morgan fingerprint density at radius 2 is 1.75 bits per heavy atom. The van der Waals surface area contributed by atoms with Crippen LogP contribution in [0.15, 0.2) is 24.3 Å². The zero-order valence-corrected chi connectivity index (χ0v) is 8.39. The Labute approximate surface area is 78.7 Å². The number of para-hydroxylation sites is 1. The Kier molecular flexibility index (Phi) is 2.63. The third-order valence-electron chi connectivity index (χ3n) is 1.31. The van der Waals surface area contributed by atoms with Crippen LogP contribution in [0.5, 0.6) is 0 Å². The SMILES string of the molecule is CC(C)(C)[N]c1ccccc1Cl. The fourth-order valence-corrected chi connectivity index (χ4v) is 1.08. The molecule has 0 atom stereocenters. The minimum Gasteiger partial charge on any atom is -0.278 e. The maximum Gasteiger partial charge on any atom is 0.0766 e. The summed E-state index contributed by atoms with van der Waals surface area (Å²) in [6.07, 6.45) is 0. The lowest BCUT2D eigenvalue weighted by atomic mass is 10.1. The van der Waals surface area contributed by atoms with Gasteiger partial charge in [0.1, 0.15) is 0 Å². The molecule has 0 N–H and O–H groups in total. The maximum atomic E-state index is 5.94. The van der Waals surface area contributed by atoms with E-state index in [1.807, 2.05) is 24.3 Å². The number of halogens is 1. The molecular weight excluding hydrogens is 170 g/mol. The van der Waals surface area contributed by atoms with Gasteiger partial charge in [-0.3, -0.25) is 5.32 Å². The molecule has 0 aromatic heterocycles. The summed E-state index contributed by atoms with van der Waals surface area (Å²) in [4.78, 5) is 0. The zero-order chi connectivity index (χ0) is 9.19. The molecule has 1 radical (unpaired) electrons. The first-order valence-electron chi connectivity index (χ1n) is 3.96. The van der Waals surface area contributed by atoms with E-state index in [2.05, 4.69) is 26.1 Å². The van der Waals surface area contributed by atoms with Gasteiger partial charge in [0.2, 0.25) is 0 Å². The molecule has 1 aromatic rings. The van der Waals surface area contributed by atoms with Gasteiger partial charge < -0.3 is 0 Å². The molecule has 0 aliphatic rings. The Balaban J connectivity index is 2.83. The third kappa shape index (κ3) is 2.74. The standard InChI is InChI=1S/C10H13ClN/c1-10(2,3)12-9-7-5-4-6-8(9)11/h4-7H,1-3H3. The highest BCUT2D eigenvalue weighted by Gasteiger charge is 2.12. The van der Waals surface area contributed by atoms with Crippen LogP contribution in [-0.4, -0.2) is 5.54 Å². The van der Waals surface area contributed by atoms with Crippen molar-refractivity contribution in [2.75, 3.05) is 0 Å². The molecule has 0 heterocycles. The van der Waals surface area contributed by atoms with Gasteiger partial charge in [-0.05, 0) is 32.9 Å². The number of hydrogen-bond acceptors (Lipinski definition) is 0. The molecule has 0 bridgehead atoms. The predicted molar refractivity (Wildman–Crippen MR) is 53.0 cm³/mol. The monoisotopic (exact) mass is 182 g/mol. The summed E-state index contributed by atoms with van der Waals surface area (Å²) < 4.78 is 0. The smallest absolute Gasteiger partial charge is 0.0766 e. The normalized spacial score (nSPS) is 11.3.